The van der Waals surface area contributed by atoms with E-state index in [2.05, 4.69) is 5.32 Å². The van der Waals surface area contributed by atoms with Gasteiger partial charge in [0, 0.05) is 18.3 Å². The number of carbonyl (C=O) groups is 1. The number of anilines is 1. The summed E-state index contributed by atoms with van der Waals surface area (Å²) in [6, 6.07) is 10.9. The molecule has 0 aliphatic heterocycles. The molecule has 0 fully saturated rings. The Morgan fingerprint density at radius 1 is 1.16 bits per heavy atom. The van der Waals surface area contributed by atoms with E-state index in [-0.39, 0.29) is 17.1 Å². The second-order valence-corrected chi connectivity index (χ2v) is 4.06. The topological polar surface area (TPSA) is 95.6 Å². The molecule has 2 rings (SSSR count). The monoisotopic (exact) mass is 258 g/mol. The second kappa shape index (κ2) is 5.41. The first-order valence-electron chi connectivity index (χ1n) is 5.72. The van der Waals surface area contributed by atoms with Crippen molar-refractivity contribution in [1.29, 1.82) is 0 Å². The van der Waals surface area contributed by atoms with E-state index in [0.717, 1.165) is 11.6 Å². The van der Waals surface area contributed by atoms with E-state index in [1.54, 1.807) is 18.2 Å². The van der Waals surface area contributed by atoms with Crippen molar-refractivity contribution in [2.45, 2.75) is 6.54 Å². The molecule has 0 heterocycles. The number of benzene rings is 2. The Morgan fingerprint density at radius 3 is 2.63 bits per heavy atom. The van der Waals surface area contributed by atoms with Crippen LogP contribution in [0.5, 0.6) is 11.5 Å². The van der Waals surface area contributed by atoms with Gasteiger partial charge in [0.2, 0.25) is 0 Å². The number of nitrogens with one attached hydrogen (secondary N) is 1. The molecule has 0 saturated carbocycles. The molecule has 0 radical (unpaired) electrons. The van der Waals surface area contributed by atoms with E-state index in [0.29, 0.717) is 12.2 Å². The van der Waals surface area contributed by atoms with Gasteiger partial charge in [-0.05, 0) is 29.8 Å². The molecule has 5 nitrogen and oxygen atoms in total. The van der Waals surface area contributed by atoms with E-state index in [1.807, 2.05) is 6.07 Å². The molecule has 98 valence electrons. The summed E-state index contributed by atoms with van der Waals surface area (Å²) in [4.78, 5) is 12.0. The summed E-state index contributed by atoms with van der Waals surface area (Å²) in [5, 5.41) is 21.4. The lowest BCUT2D eigenvalue weighted by Crippen LogP contribution is -2.12. The van der Waals surface area contributed by atoms with Crippen LogP contribution in [0.15, 0.2) is 42.5 Å². The lowest BCUT2D eigenvalue weighted by Gasteiger charge is -2.08. The number of hydrogen-bond acceptors (Lipinski definition) is 4. The van der Waals surface area contributed by atoms with Gasteiger partial charge in [-0.1, -0.05) is 12.1 Å². The summed E-state index contributed by atoms with van der Waals surface area (Å²) < 4.78 is 0. The van der Waals surface area contributed by atoms with E-state index in [4.69, 9.17) is 5.73 Å². The minimum absolute atomic E-state index is 0.0935. The second-order valence-electron chi connectivity index (χ2n) is 4.06. The Hall–Kier alpha value is -2.53. The van der Waals surface area contributed by atoms with Gasteiger partial charge in [-0.3, -0.25) is 4.79 Å². The Morgan fingerprint density at radius 2 is 1.95 bits per heavy atom. The van der Waals surface area contributed by atoms with Gasteiger partial charge in [0.05, 0.1) is 5.56 Å². The molecule has 0 aliphatic rings. The number of amides is 1. The van der Waals surface area contributed by atoms with Gasteiger partial charge in [-0.2, -0.15) is 0 Å². The summed E-state index contributed by atoms with van der Waals surface area (Å²) in [5.41, 5.74) is 7.11. The first-order chi connectivity index (χ1) is 9.10. The molecule has 0 spiro atoms. The number of aromatic hydroxyl groups is 2. The summed E-state index contributed by atoms with van der Waals surface area (Å²) in [5.74, 6) is -0.821. The highest BCUT2D eigenvalue weighted by atomic mass is 16.3. The van der Waals surface area contributed by atoms with Crippen molar-refractivity contribution in [2.24, 2.45) is 5.73 Å². The van der Waals surface area contributed by atoms with Crippen LogP contribution in [0.25, 0.3) is 0 Å². The third kappa shape index (κ3) is 3.02. The van der Waals surface area contributed by atoms with Crippen LogP contribution in [0, 0.1) is 0 Å². The van der Waals surface area contributed by atoms with Gasteiger partial charge in [0.1, 0.15) is 11.5 Å². The van der Waals surface area contributed by atoms with Crippen molar-refractivity contribution in [3.8, 4) is 11.5 Å². The normalized spacial score (nSPS) is 10.2. The van der Waals surface area contributed by atoms with Crippen LogP contribution in [0.4, 0.5) is 5.69 Å². The van der Waals surface area contributed by atoms with Crippen molar-refractivity contribution < 1.29 is 15.0 Å². The van der Waals surface area contributed by atoms with Gasteiger partial charge in [0.15, 0.2) is 0 Å². The van der Waals surface area contributed by atoms with E-state index >= 15 is 0 Å². The molecule has 0 atom stereocenters. The van der Waals surface area contributed by atoms with Crippen LogP contribution < -0.4 is 11.1 Å². The van der Waals surface area contributed by atoms with Gasteiger partial charge in [-0.25, -0.2) is 0 Å². The molecule has 0 saturated heterocycles. The minimum atomic E-state index is -0.452. The van der Waals surface area contributed by atoms with Gasteiger partial charge in [0.25, 0.3) is 5.91 Å². The van der Waals surface area contributed by atoms with E-state index in [1.165, 1.54) is 12.1 Å². The zero-order chi connectivity index (χ0) is 13.8. The maximum atomic E-state index is 12.0. The fourth-order valence-electron chi connectivity index (χ4n) is 1.69. The van der Waals surface area contributed by atoms with Crippen molar-refractivity contribution >= 4 is 11.6 Å². The first kappa shape index (κ1) is 12.9. The molecule has 0 aromatic heterocycles. The van der Waals surface area contributed by atoms with E-state index in [9.17, 15) is 15.0 Å². The third-order valence-corrected chi connectivity index (χ3v) is 2.65. The van der Waals surface area contributed by atoms with Crippen LogP contribution in [-0.2, 0) is 6.54 Å². The van der Waals surface area contributed by atoms with Gasteiger partial charge < -0.3 is 21.3 Å². The quantitative estimate of drug-likeness (QED) is 0.675. The predicted octanol–water partition coefficient (Wildman–Crippen LogP) is 1.81. The average Bonchev–Trinajstić information content (AvgIpc) is 2.38. The lowest BCUT2D eigenvalue weighted by molar-refractivity contribution is 0.102. The minimum Gasteiger partial charge on any atom is -0.508 e. The van der Waals surface area contributed by atoms with Gasteiger partial charge >= 0.3 is 0 Å². The Bertz CT molecular complexity index is 611. The number of phenols is 2. The largest absolute Gasteiger partial charge is 0.508 e. The molecule has 0 aliphatic carbocycles. The van der Waals surface area contributed by atoms with Gasteiger partial charge in [-0.15, -0.1) is 0 Å². The van der Waals surface area contributed by atoms with Crippen LogP contribution >= 0.6 is 0 Å². The molecule has 0 bridgehead atoms. The molecule has 19 heavy (non-hydrogen) atoms. The van der Waals surface area contributed by atoms with Crippen LogP contribution in [0.3, 0.4) is 0 Å². The van der Waals surface area contributed by atoms with E-state index < -0.39 is 5.91 Å². The number of hydrogen-bond donors (Lipinski definition) is 4. The summed E-state index contributed by atoms with van der Waals surface area (Å²) in [6.07, 6.45) is 0. The fourth-order valence-corrected chi connectivity index (χ4v) is 1.69. The molecule has 5 N–H and O–H groups in total. The standard InChI is InChI=1S/C14H14N2O3/c15-8-9-2-1-3-10(6-9)16-14(19)12-5-4-11(17)7-13(12)18/h1-7,17-18H,8,15H2,(H,16,19). The molecular formula is C14H14N2O3. The SMILES string of the molecule is NCc1cccc(NC(=O)c2ccc(O)cc2O)c1. The molecule has 2 aromatic rings. The van der Waals surface area contributed by atoms with Crippen molar-refractivity contribution in [1.82, 2.24) is 0 Å². The lowest BCUT2D eigenvalue weighted by atomic mass is 10.1. The maximum absolute atomic E-state index is 12.0. The molecule has 5 heteroatoms. The first-order valence-corrected chi connectivity index (χ1v) is 5.72. The Balaban J connectivity index is 2.20. The van der Waals surface area contributed by atoms with Crippen LogP contribution in [-0.4, -0.2) is 16.1 Å². The summed E-state index contributed by atoms with van der Waals surface area (Å²) in [6.45, 7) is 0.383. The third-order valence-electron chi connectivity index (χ3n) is 2.65. The average molecular weight is 258 g/mol. The van der Waals surface area contributed by atoms with Crippen molar-refractivity contribution in [3.05, 3.63) is 53.6 Å². The maximum Gasteiger partial charge on any atom is 0.259 e. The Kier molecular flexibility index (Phi) is 3.68. The molecule has 2 aromatic carbocycles. The zero-order valence-corrected chi connectivity index (χ0v) is 10.1. The summed E-state index contributed by atoms with van der Waals surface area (Å²) >= 11 is 0. The van der Waals surface area contributed by atoms with Crippen molar-refractivity contribution in [2.75, 3.05) is 5.32 Å². The van der Waals surface area contributed by atoms with Crippen LogP contribution in [0.2, 0.25) is 0 Å². The van der Waals surface area contributed by atoms with Crippen LogP contribution in [0.1, 0.15) is 15.9 Å². The Labute approximate surface area is 110 Å². The fraction of sp³-hybridized carbons (Fsp3) is 0.0714. The molecule has 1 amide bonds. The highest BCUT2D eigenvalue weighted by Gasteiger charge is 2.11. The molecular weight excluding hydrogens is 244 g/mol. The highest BCUT2D eigenvalue weighted by Crippen LogP contribution is 2.23. The smallest absolute Gasteiger partial charge is 0.259 e. The number of nitrogens with two attached hydrogens (primary N) is 1. The number of phenolic OH excluding ortho intramolecular Hbond substituents is 2. The number of rotatable bonds is 3. The predicted molar refractivity (Wildman–Crippen MR) is 72.1 cm³/mol. The number of carbonyl (C=O) groups excluding carboxylic acids is 1. The van der Waals surface area contributed by atoms with Crippen molar-refractivity contribution in [3.63, 3.8) is 0 Å². The molecule has 0 unspecified atom stereocenters. The highest BCUT2D eigenvalue weighted by molar-refractivity contribution is 6.06. The zero-order valence-electron chi connectivity index (χ0n) is 10.1. The summed E-state index contributed by atoms with van der Waals surface area (Å²) in [7, 11) is 0.